The van der Waals surface area contributed by atoms with Crippen molar-refractivity contribution >= 4 is 29.3 Å². The molecule has 0 saturated carbocycles. The smallest absolute Gasteiger partial charge is 0.319 e. The van der Waals surface area contributed by atoms with Gasteiger partial charge in [-0.25, -0.2) is 4.79 Å². The van der Waals surface area contributed by atoms with E-state index >= 15 is 0 Å². The molecule has 0 heterocycles. The highest BCUT2D eigenvalue weighted by Crippen LogP contribution is 2.19. The van der Waals surface area contributed by atoms with Gasteiger partial charge in [0.1, 0.15) is 0 Å². The third-order valence-electron chi connectivity index (χ3n) is 2.06. The largest absolute Gasteiger partial charge is 0.481 e. The van der Waals surface area contributed by atoms with Crippen molar-refractivity contribution in [1.29, 1.82) is 0 Å². The number of urea groups is 1. The predicted octanol–water partition coefficient (Wildman–Crippen LogP) is 2.24. The standard InChI is InChI=1S/C11H13ClN2O3/c1-7-6-8(12)2-3-9(7)14-11(17)13-5-4-10(15)16/h2-3,6H,4-5H2,1H3,(H,15,16)(H2,13,14,17). The summed E-state index contributed by atoms with van der Waals surface area (Å²) in [6.45, 7) is 1.91. The van der Waals surface area contributed by atoms with Gasteiger partial charge in [0.05, 0.1) is 6.42 Å². The fourth-order valence-corrected chi connectivity index (χ4v) is 1.44. The van der Waals surface area contributed by atoms with E-state index in [0.29, 0.717) is 10.7 Å². The minimum Gasteiger partial charge on any atom is -0.481 e. The third kappa shape index (κ3) is 4.74. The van der Waals surface area contributed by atoms with Crippen molar-refractivity contribution in [3.8, 4) is 0 Å². The monoisotopic (exact) mass is 256 g/mol. The van der Waals surface area contributed by atoms with Crippen molar-refractivity contribution in [1.82, 2.24) is 5.32 Å². The highest BCUT2D eigenvalue weighted by molar-refractivity contribution is 6.30. The maximum atomic E-state index is 11.4. The predicted molar refractivity (Wildman–Crippen MR) is 65.5 cm³/mol. The molecule has 0 radical (unpaired) electrons. The Balaban J connectivity index is 2.48. The molecule has 0 bridgehead atoms. The Bertz CT molecular complexity index is 435. The second-order valence-corrected chi connectivity index (χ2v) is 3.92. The first-order chi connectivity index (χ1) is 7.99. The molecule has 0 saturated heterocycles. The van der Waals surface area contributed by atoms with Crippen LogP contribution < -0.4 is 10.6 Å². The van der Waals surface area contributed by atoms with Crippen LogP contribution in [0.25, 0.3) is 0 Å². The summed E-state index contributed by atoms with van der Waals surface area (Å²) in [4.78, 5) is 21.6. The van der Waals surface area contributed by atoms with E-state index < -0.39 is 12.0 Å². The Labute approximate surface area is 104 Å². The highest BCUT2D eigenvalue weighted by atomic mass is 35.5. The van der Waals surface area contributed by atoms with Crippen LogP contribution in [0.15, 0.2) is 18.2 Å². The summed E-state index contributed by atoms with van der Waals surface area (Å²) in [6.07, 6.45) is -0.104. The maximum absolute atomic E-state index is 11.4. The van der Waals surface area contributed by atoms with E-state index in [4.69, 9.17) is 16.7 Å². The van der Waals surface area contributed by atoms with Gasteiger partial charge in [0.25, 0.3) is 0 Å². The number of nitrogens with one attached hydrogen (secondary N) is 2. The molecule has 1 rings (SSSR count). The van der Waals surface area contributed by atoms with Gasteiger partial charge in [-0.2, -0.15) is 0 Å². The molecule has 1 aromatic carbocycles. The molecule has 1 aromatic rings. The summed E-state index contributed by atoms with van der Waals surface area (Å²) in [5, 5.41) is 14.1. The topological polar surface area (TPSA) is 78.4 Å². The first kappa shape index (κ1) is 13.3. The number of carboxylic acids is 1. The number of aryl methyl sites for hydroxylation is 1. The lowest BCUT2D eigenvalue weighted by Gasteiger charge is -2.09. The fourth-order valence-electron chi connectivity index (χ4n) is 1.22. The van der Waals surface area contributed by atoms with Crippen molar-refractivity contribution < 1.29 is 14.7 Å². The van der Waals surface area contributed by atoms with Crippen LogP contribution in [-0.2, 0) is 4.79 Å². The van der Waals surface area contributed by atoms with Gasteiger partial charge >= 0.3 is 12.0 Å². The minimum absolute atomic E-state index is 0.0911. The molecular formula is C11H13ClN2O3. The second-order valence-electron chi connectivity index (χ2n) is 3.48. The zero-order valence-electron chi connectivity index (χ0n) is 9.29. The molecule has 17 heavy (non-hydrogen) atoms. The van der Waals surface area contributed by atoms with Gasteiger partial charge in [-0.3, -0.25) is 4.79 Å². The van der Waals surface area contributed by atoms with Gasteiger partial charge in [0.15, 0.2) is 0 Å². The van der Waals surface area contributed by atoms with Crippen LogP contribution in [0.1, 0.15) is 12.0 Å². The Morgan fingerprint density at radius 2 is 2.12 bits per heavy atom. The number of amides is 2. The Morgan fingerprint density at radius 1 is 1.41 bits per heavy atom. The molecule has 0 spiro atoms. The van der Waals surface area contributed by atoms with Gasteiger partial charge in [-0.15, -0.1) is 0 Å². The lowest BCUT2D eigenvalue weighted by atomic mass is 10.2. The van der Waals surface area contributed by atoms with Gasteiger partial charge in [0.2, 0.25) is 0 Å². The van der Waals surface area contributed by atoms with E-state index in [0.717, 1.165) is 5.56 Å². The number of carbonyl (C=O) groups is 2. The highest BCUT2D eigenvalue weighted by Gasteiger charge is 2.05. The molecule has 0 unspecified atom stereocenters. The Kier molecular flexibility index (Phi) is 4.78. The molecule has 0 aromatic heterocycles. The van der Waals surface area contributed by atoms with E-state index in [-0.39, 0.29) is 13.0 Å². The molecule has 6 heteroatoms. The molecule has 0 fully saturated rings. The Hall–Kier alpha value is -1.75. The second kappa shape index (κ2) is 6.10. The molecule has 0 aliphatic rings. The number of carboxylic acid groups (broad SMARTS) is 1. The first-order valence-electron chi connectivity index (χ1n) is 5.02. The van der Waals surface area contributed by atoms with E-state index in [1.165, 1.54) is 0 Å². The van der Waals surface area contributed by atoms with Crippen molar-refractivity contribution in [2.75, 3.05) is 11.9 Å². The summed E-state index contributed by atoms with van der Waals surface area (Å²) in [6, 6.07) is 4.65. The summed E-state index contributed by atoms with van der Waals surface area (Å²) < 4.78 is 0. The number of hydrogen-bond donors (Lipinski definition) is 3. The van der Waals surface area contributed by atoms with Crippen LogP contribution in [0, 0.1) is 6.92 Å². The van der Waals surface area contributed by atoms with Crippen molar-refractivity contribution in [3.63, 3.8) is 0 Å². The van der Waals surface area contributed by atoms with E-state index in [9.17, 15) is 9.59 Å². The van der Waals surface area contributed by atoms with E-state index in [1.807, 2.05) is 6.92 Å². The van der Waals surface area contributed by atoms with Crippen molar-refractivity contribution in [2.24, 2.45) is 0 Å². The molecule has 0 aliphatic heterocycles. The van der Waals surface area contributed by atoms with Crippen LogP contribution in [0.2, 0.25) is 5.02 Å². The van der Waals surface area contributed by atoms with E-state index in [2.05, 4.69) is 10.6 Å². The van der Waals surface area contributed by atoms with Crippen LogP contribution >= 0.6 is 11.6 Å². The van der Waals surface area contributed by atoms with Gasteiger partial charge < -0.3 is 15.7 Å². The summed E-state index contributed by atoms with van der Waals surface area (Å²) >= 11 is 5.78. The van der Waals surface area contributed by atoms with Crippen LogP contribution in [-0.4, -0.2) is 23.7 Å². The number of rotatable bonds is 4. The lowest BCUT2D eigenvalue weighted by Crippen LogP contribution is -2.30. The maximum Gasteiger partial charge on any atom is 0.319 e. The average Bonchev–Trinajstić information content (AvgIpc) is 2.21. The normalized spacial score (nSPS) is 9.76. The molecule has 5 nitrogen and oxygen atoms in total. The molecule has 2 amide bonds. The number of benzene rings is 1. The summed E-state index contributed by atoms with van der Waals surface area (Å²) in [5.41, 5.74) is 1.48. The zero-order valence-corrected chi connectivity index (χ0v) is 10.0. The van der Waals surface area contributed by atoms with Gasteiger partial charge in [-0.1, -0.05) is 11.6 Å². The quantitative estimate of drug-likeness (QED) is 0.773. The van der Waals surface area contributed by atoms with Crippen LogP contribution in [0.3, 0.4) is 0 Å². The SMILES string of the molecule is Cc1cc(Cl)ccc1NC(=O)NCCC(=O)O. The minimum atomic E-state index is -0.951. The number of carbonyl (C=O) groups excluding carboxylic acids is 1. The van der Waals surface area contributed by atoms with Crippen LogP contribution in [0.4, 0.5) is 10.5 Å². The van der Waals surface area contributed by atoms with Gasteiger partial charge in [0, 0.05) is 17.3 Å². The first-order valence-corrected chi connectivity index (χ1v) is 5.39. The number of aliphatic carboxylic acids is 1. The number of anilines is 1. The van der Waals surface area contributed by atoms with E-state index in [1.54, 1.807) is 18.2 Å². The third-order valence-corrected chi connectivity index (χ3v) is 2.30. The summed E-state index contributed by atoms with van der Waals surface area (Å²) in [7, 11) is 0. The van der Waals surface area contributed by atoms with Crippen LogP contribution in [0.5, 0.6) is 0 Å². The molecule has 0 aliphatic carbocycles. The van der Waals surface area contributed by atoms with Crippen molar-refractivity contribution in [2.45, 2.75) is 13.3 Å². The molecule has 3 N–H and O–H groups in total. The Morgan fingerprint density at radius 3 is 2.71 bits per heavy atom. The molecule has 92 valence electrons. The fraction of sp³-hybridized carbons (Fsp3) is 0.273. The zero-order chi connectivity index (χ0) is 12.8. The van der Waals surface area contributed by atoms with Gasteiger partial charge in [-0.05, 0) is 30.7 Å². The molecule has 0 atom stereocenters. The number of halogens is 1. The average molecular weight is 257 g/mol. The van der Waals surface area contributed by atoms with Crippen molar-refractivity contribution in [3.05, 3.63) is 28.8 Å². The summed E-state index contributed by atoms with van der Waals surface area (Å²) in [5.74, 6) is -0.951. The molecular weight excluding hydrogens is 244 g/mol. The number of hydrogen-bond acceptors (Lipinski definition) is 2. The lowest BCUT2D eigenvalue weighted by molar-refractivity contribution is -0.136.